The lowest BCUT2D eigenvalue weighted by atomic mass is 9.91. The molecule has 1 aliphatic heterocycles. The van der Waals surface area contributed by atoms with E-state index in [1.807, 2.05) is 18.2 Å². The van der Waals surface area contributed by atoms with Crippen LogP contribution in [0.4, 0.5) is 5.82 Å². The number of ketones is 1. The highest BCUT2D eigenvalue weighted by atomic mass is 35.5. The van der Waals surface area contributed by atoms with E-state index in [1.165, 1.54) is 12.5 Å². The molecular weight excluding hydrogens is 557 g/mol. The van der Waals surface area contributed by atoms with Gasteiger partial charge in [0, 0.05) is 35.3 Å². The molecule has 1 saturated carbocycles. The molecule has 3 heterocycles. The Bertz CT molecular complexity index is 1470. The zero-order chi connectivity index (χ0) is 27.0. The number of benzene rings is 1. The average molecular weight is 582 g/mol. The summed E-state index contributed by atoms with van der Waals surface area (Å²) < 4.78 is 32.5. The van der Waals surface area contributed by atoms with Gasteiger partial charge < -0.3 is 20.2 Å². The Morgan fingerprint density at radius 3 is 2.87 bits per heavy atom. The number of hydrogen-bond acceptors (Lipinski definition) is 10. The van der Waals surface area contributed by atoms with Crippen LogP contribution < -0.4 is 15.8 Å². The van der Waals surface area contributed by atoms with Crippen molar-refractivity contribution in [1.82, 2.24) is 15.3 Å². The van der Waals surface area contributed by atoms with Gasteiger partial charge in [0.25, 0.3) is 0 Å². The van der Waals surface area contributed by atoms with Crippen molar-refractivity contribution in [3.63, 3.8) is 0 Å². The molecule has 0 amide bonds. The maximum absolute atomic E-state index is 13.5. The zero-order valence-electron chi connectivity index (χ0n) is 19.9. The molecule has 1 unspecified atom stereocenters. The minimum Gasteiger partial charge on any atom is -0.441 e. The molecule has 0 spiro atoms. The predicted octanol–water partition coefficient (Wildman–Crippen LogP) is 2.61. The van der Waals surface area contributed by atoms with Gasteiger partial charge in [-0.05, 0) is 60.2 Å². The third-order valence-corrected chi connectivity index (χ3v) is 7.81. The summed E-state index contributed by atoms with van der Waals surface area (Å²) in [6.07, 6.45) is 3.35. The van der Waals surface area contributed by atoms with Gasteiger partial charge in [-0.15, -0.1) is 0 Å². The summed E-state index contributed by atoms with van der Waals surface area (Å²) in [4.78, 5) is 21.7. The molecule has 0 saturated heterocycles. The fourth-order valence-corrected chi connectivity index (χ4v) is 5.80. The van der Waals surface area contributed by atoms with E-state index in [0.29, 0.717) is 23.4 Å². The summed E-state index contributed by atoms with van der Waals surface area (Å²) in [7, 11) is -4.12. The highest BCUT2D eigenvalue weighted by molar-refractivity contribution is 7.84. The SMILES string of the molecule is NS(=O)(=O)OC[C@H]1C[C@@H](Nc2ncncc2C(=O)c2cc(C3NCCc4ccc(Cl)cc43)c(Cl)o2)C[C@@H]1O. The first-order chi connectivity index (χ1) is 18.1. The first-order valence-corrected chi connectivity index (χ1v) is 14.1. The number of hydrogen-bond donors (Lipinski definition) is 4. The Morgan fingerprint density at radius 1 is 1.26 bits per heavy atom. The number of carbonyl (C=O) groups excluding carboxylic acids is 1. The van der Waals surface area contributed by atoms with Crippen LogP contribution in [-0.4, -0.2) is 54.6 Å². The predicted molar refractivity (Wildman–Crippen MR) is 139 cm³/mol. The largest absolute Gasteiger partial charge is 0.441 e. The molecule has 3 aromatic rings. The van der Waals surface area contributed by atoms with E-state index in [9.17, 15) is 18.3 Å². The van der Waals surface area contributed by atoms with Crippen molar-refractivity contribution in [3.05, 3.63) is 75.0 Å². The Morgan fingerprint density at radius 2 is 2.08 bits per heavy atom. The molecule has 11 nitrogen and oxygen atoms in total. The number of halogens is 2. The quantitative estimate of drug-likeness (QED) is 0.290. The molecular formula is C24H25Cl2N5O6S. The normalized spacial score (nSPS) is 23.3. The third kappa shape index (κ3) is 5.86. The van der Waals surface area contributed by atoms with E-state index in [4.69, 9.17) is 32.8 Å². The number of carbonyl (C=O) groups is 1. The summed E-state index contributed by atoms with van der Waals surface area (Å²) in [6.45, 7) is 0.478. The molecule has 38 heavy (non-hydrogen) atoms. The topological polar surface area (TPSA) is 170 Å². The summed E-state index contributed by atoms with van der Waals surface area (Å²) in [5, 5.41) is 22.5. The molecule has 1 aromatic carbocycles. The van der Waals surface area contributed by atoms with Crippen LogP contribution in [0.5, 0.6) is 0 Å². The maximum Gasteiger partial charge on any atom is 0.333 e. The van der Waals surface area contributed by atoms with E-state index in [2.05, 4.69) is 24.8 Å². The van der Waals surface area contributed by atoms with Gasteiger partial charge in [-0.1, -0.05) is 17.7 Å². The first-order valence-electron chi connectivity index (χ1n) is 11.9. The van der Waals surface area contributed by atoms with Crippen molar-refractivity contribution >= 4 is 45.1 Å². The molecule has 2 aromatic heterocycles. The van der Waals surface area contributed by atoms with Crippen LogP contribution in [0.1, 0.15) is 51.7 Å². The fraction of sp³-hybridized carbons (Fsp3) is 0.375. The summed E-state index contributed by atoms with van der Waals surface area (Å²) in [5.74, 6) is -0.671. The molecule has 202 valence electrons. The molecule has 5 N–H and O–H groups in total. The Labute approximate surface area is 229 Å². The van der Waals surface area contributed by atoms with Crippen molar-refractivity contribution in [2.24, 2.45) is 11.1 Å². The number of aliphatic hydroxyl groups is 1. The highest BCUT2D eigenvalue weighted by Gasteiger charge is 2.35. The second-order valence-electron chi connectivity index (χ2n) is 9.35. The molecule has 1 aliphatic carbocycles. The minimum atomic E-state index is -4.12. The van der Waals surface area contributed by atoms with Gasteiger partial charge in [-0.2, -0.15) is 8.42 Å². The summed E-state index contributed by atoms with van der Waals surface area (Å²) in [6, 6.07) is 6.71. The molecule has 14 heteroatoms. The van der Waals surface area contributed by atoms with E-state index in [1.54, 1.807) is 6.07 Å². The number of aromatic nitrogens is 2. The van der Waals surface area contributed by atoms with Crippen LogP contribution >= 0.6 is 23.2 Å². The molecule has 4 atom stereocenters. The number of furan rings is 1. The van der Waals surface area contributed by atoms with Gasteiger partial charge >= 0.3 is 10.3 Å². The molecule has 5 rings (SSSR count). The lowest BCUT2D eigenvalue weighted by molar-refractivity contribution is 0.100. The van der Waals surface area contributed by atoms with Crippen molar-refractivity contribution in [2.75, 3.05) is 18.5 Å². The molecule has 0 radical (unpaired) electrons. The van der Waals surface area contributed by atoms with Crippen LogP contribution in [-0.2, 0) is 20.9 Å². The van der Waals surface area contributed by atoms with E-state index >= 15 is 0 Å². The summed E-state index contributed by atoms with van der Waals surface area (Å²) >= 11 is 12.7. The van der Waals surface area contributed by atoms with Gasteiger partial charge in [-0.25, -0.2) is 15.1 Å². The number of nitrogens with two attached hydrogens (primary N) is 1. The Kier molecular flexibility index (Phi) is 7.74. The smallest absolute Gasteiger partial charge is 0.333 e. The van der Waals surface area contributed by atoms with Crippen molar-refractivity contribution < 1.29 is 26.9 Å². The van der Waals surface area contributed by atoms with Crippen molar-refractivity contribution in [2.45, 2.75) is 37.5 Å². The highest BCUT2D eigenvalue weighted by Crippen LogP contribution is 2.37. The second-order valence-corrected chi connectivity index (χ2v) is 11.4. The van der Waals surface area contributed by atoms with Crippen molar-refractivity contribution in [3.8, 4) is 0 Å². The van der Waals surface area contributed by atoms with E-state index in [-0.39, 0.29) is 41.1 Å². The van der Waals surface area contributed by atoms with Gasteiger partial charge in [0.2, 0.25) is 5.78 Å². The lowest BCUT2D eigenvalue weighted by Crippen LogP contribution is -2.30. The summed E-state index contributed by atoms with van der Waals surface area (Å²) in [5.41, 5.74) is 2.87. The molecule has 1 fully saturated rings. The third-order valence-electron chi connectivity index (χ3n) is 6.81. The number of nitrogens with one attached hydrogen (secondary N) is 2. The zero-order valence-corrected chi connectivity index (χ0v) is 22.3. The molecule has 0 bridgehead atoms. The van der Waals surface area contributed by atoms with Crippen LogP contribution in [0.25, 0.3) is 0 Å². The number of fused-ring (bicyclic) bond motifs is 1. The monoisotopic (exact) mass is 581 g/mol. The minimum absolute atomic E-state index is 0.0182. The standard InChI is InChI=1S/C24H25Cl2N5O6S/c25-14-2-1-12-3-4-29-21(16(12)6-14)17-8-20(37-23(17)26)22(33)18-9-28-11-30-24(18)31-15-5-13(19(32)7-15)10-36-38(27,34)35/h1-2,6,8-9,11,13,15,19,21,29,32H,3-5,7,10H2,(H2,27,34,35)(H,28,30,31)/t13-,15-,19+,21?/m1/s1. The Hall–Kier alpha value is -2.58. The number of rotatable bonds is 8. The number of nitrogens with zero attached hydrogens (tertiary/aromatic N) is 2. The first kappa shape index (κ1) is 27.0. The fourth-order valence-electron chi connectivity index (χ4n) is 5.01. The van der Waals surface area contributed by atoms with E-state index < -0.39 is 28.1 Å². The number of anilines is 1. The maximum atomic E-state index is 13.5. The average Bonchev–Trinajstić information content (AvgIpc) is 3.43. The number of aliphatic hydroxyl groups excluding tert-OH is 1. The van der Waals surface area contributed by atoms with Gasteiger partial charge in [0.05, 0.1) is 24.3 Å². The van der Waals surface area contributed by atoms with Crippen molar-refractivity contribution in [1.29, 1.82) is 0 Å². The van der Waals surface area contributed by atoms with Gasteiger partial charge in [-0.3, -0.25) is 8.98 Å². The van der Waals surface area contributed by atoms with Crippen LogP contribution in [0.2, 0.25) is 10.2 Å². The van der Waals surface area contributed by atoms with Gasteiger partial charge in [0.1, 0.15) is 12.1 Å². The lowest BCUT2D eigenvalue weighted by Gasteiger charge is -2.26. The Balaban J connectivity index is 1.35. The van der Waals surface area contributed by atoms with E-state index in [0.717, 1.165) is 24.1 Å². The van der Waals surface area contributed by atoms with Crippen LogP contribution in [0, 0.1) is 5.92 Å². The van der Waals surface area contributed by atoms with Crippen LogP contribution in [0.15, 0.2) is 41.2 Å². The molecule has 2 aliphatic rings. The second kappa shape index (κ2) is 10.9. The van der Waals surface area contributed by atoms with Gasteiger partial charge in [0.15, 0.2) is 11.0 Å². The van der Waals surface area contributed by atoms with Crippen LogP contribution in [0.3, 0.4) is 0 Å².